The maximum absolute atomic E-state index is 11.6. The van der Waals surface area contributed by atoms with Crippen LogP contribution in [0.4, 0.5) is 0 Å². The second-order valence-electron chi connectivity index (χ2n) is 5.80. The van der Waals surface area contributed by atoms with Gasteiger partial charge in [0, 0.05) is 0 Å². The summed E-state index contributed by atoms with van der Waals surface area (Å²) in [5, 5.41) is 1.84. The first-order valence-corrected chi connectivity index (χ1v) is 9.38. The molecule has 0 bridgehead atoms. The summed E-state index contributed by atoms with van der Waals surface area (Å²) in [7, 11) is -4.44. The van der Waals surface area contributed by atoms with Crippen molar-refractivity contribution in [1.82, 2.24) is 0 Å². The molecule has 120 valence electrons. The maximum atomic E-state index is 11.6. The van der Waals surface area contributed by atoms with Crippen molar-refractivity contribution < 1.29 is 42.5 Å². The molecule has 3 nitrogen and oxygen atoms in total. The van der Waals surface area contributed by atoms with Crippen molar-refractivity contribution >= 4 is 20.9 Å². The summed E-state index contributed by atoms with van der Waals surface area (Å²) in [6.07, 6.45) is 5.67. The van der Waals surface area contributed by atoms with E-state index < -0.39 is 10.1 Å². The third-order valence-electron chi connectivity index (χ3n) is 3.97. The molecule has 23 heavy (non-hydrogen) atoms. The number of hydrogen-bond donors (Lipinski definition) is 0. The number of benzene rings is 2. The fourth-order valence-corrected chi connectivity index (χ4v) is 3.46. The Hall–Kier alpha value is -0.390. The van der Waals surface area contributed by atoms with Gasteiger partial charge in [0.15, 0.2) is 0 Å². The average Bonchev–Trinajstić information content (AvgIpc) is 2.48. The molecule has 2 aromatic carbocycles. The summed E-state index contributed by atoms with van der Waals surface area (Å²) in [4.78, 5) is -0.0545. The van der Waals surface area contributed by atoms with Gasteiger partial charge in [0.1, 0.15) is 10.1 Å². The van der Waals surface area contributed by atoms with Gasteiger partial charge in [0.05, 0.1) is 4.90 Å². The summed E-state index contributed by atoms with van der Waals surface area (Å²) in [6, 6.07) is 9.53. The monoisotopic (exact) mass is 342 g/mol. The van der Waals surface area contributed by atoms with Crippen molar-refractivity contribution in [2.75, 3.05) is 0 Å². The molecular formula is C18H23NaO3S. The average molecular weight is 342 g/mol. The van der Waals surface area contributed by atoms with Gasteiger partial charge in [-0.2, -0.15) is 0 Å². The first kappa shape index (κ1) is 20.7. The number of unbranched alkanes of at least 4 members (excludes halogenated alkanes) is 2. The smallest absolute Gasteiger partial charge is 0.744 e. The van der Waals surface area contributed by atoms with Crippen LogP contribution in [0.1, 0.15) is 50.7 Å². The predicted octanol–water partition coefficient (Wildman–Crippen LogP) is 1.43. The summed E-state index contributed by atoms with van der Waals surface area (Å²) in [5.41, 5.74) is 1.83. The van der Waals surface area contributed by atoms with Crippen molar-refractivity contribution in [3.63, 3.8) is 0 Å². The summed E-state index contributed by atoms with van der Waals surface area (Å²) in [5.74, 6) is 0. The van der Waals surface area contributed by atoms with E-state index in [0.29, 0.717) is 12.0 Å². The zero-order chi connectivity index (χ0) is 16.2. The molecule has 0 fully saturated rings. The van der Waals surface area contributed by atoms with Crippen LogP contribution in [0.2, 0.25) is 0 Å². The largest absolute Gasteiger partial charge is 1.00 e. The number of rotatable bonds is 7. The summed E-state index contributed by atoms with van der Waals surface area (Å²) < 4.78 is 34.7. The molecule has 0 spiro atoms. The van der Waals surface area contributed by atoms with Gasteiger partial charge in [-0.3, -0.25) is 0 Å². The first-order valence-electron chi connectivity index (χ1n) is 7.97. The molecule has 2 rings (SSSR count). The molecule has 0 atom stereocenters. The van der Waals surface area contributed by atoms with Crippen LogP contribution in [0, 0.1) is 0 Å². The van der Waals surface area contributed by atoms with E-state index in [1.54, 1.807) is 6.07 Å². The molecule has 5 heteroatoms. The zero-order valence-corrected chi connectivity index (χ0v) is 17.1. The molecule has 0 saturated heterocycles. The van der Waals surface area contributed by atoms with Gasteiger partial charge in [-0.1, -0.05) is 44.9 Å². The Bertz CT molecular complexity index is 754. The third kappa shape index (κ3) is 5.57. The van der Waals surface area contributed by atoms with E-state index >= 15 is 0 Å². The van der Waals surface area contributed by atoms with Crippen LogP contribution in [-0.4, -0.2) is 13.0 Å². The Labute approximate surface area is 161 Å². The summed E-state index contributed by atoms with van der Waals surface area (Å²) in [6.45, 7) is 4.19. The SMILES string of the molecule is CCCCc1ccc2cc(CCCC)c(S(=O)(=O)[O-])cc2c1.[Na+]. The van der Waals surface area contributed by atoms with Crippen LogP contribution < -0.4 is 29.6 Å². The van der Waals surface area contributed by atoms with E-state index in [1.807, 2.05) is 25.1 Å². The second-order valence-corrected chi connectivity index (χ2v) is 7.15. The molecular weight excluding hydrogens is 319 g/mol. The van der Waals surface area contributed by atoms with Crippen LogP contribution >= 0.6 is 0 Å². The molecule has 0 unspecified atom stereocenters. The molecule has 0 aliphatic heterocycles. The van der Waals surface area contributed by atoms with Crippen molar-refractivity contribution in [2.45, 2.75) is 57.3 Å². The fourth-order valence-electron chi connectivity index (χ4n) is 2.71. The minimum absolute atomic E-state index is 0. The van der Waals surface area contributed by atoms with Crippen molar-refractivity contribution in [1.29, 1.82) is 0 Å². The Balaban J connectivity index is 0.00000264. The fraction of sp³-hybridized carbons (Fsp3) is 0.444. The molecule has 0 aliphatic carbocycles. The third-order valence-corrected chi connectivity index (χ3v) is 4.89. The zero-order valence-electron chi connectivity index (χ0n) is 14.3. The maximum Gasteiger partial charge on any atom is 1.00 e. The number of hydrogen-bond acceptors (Lipinski definition) is 3. The van der Waals surface area contributed by atoms with Gasteiger partial charge in [-0.25, -0.2) is 8.42 Å². The second kappa shape index (κ2) is 9.19. The Morgan fingerprint density at radius 1 is 0.913 bits per heavy atom. The number of aryl methyl sites for hydroxylation is 2. The molecule has 2 aromatic rings. The van der Waals surface area contributed by atoms with Crippen LogP contribution in [0.3, 0.4) is 0 Å². The molecule has 0 radical (unpaired) electrons. The van der Waals surface area contributed by atoms with Crippen LogP contribution in [0.15, 0.2) is 35.2 Å². The van der Waals surface area contributed by atoms with E-state index in [4.69, 9.17) is 0 Å². The van der Waals surface area contributed by atoms with Gasteiger partial charge >= 0.3 is 29.6 Å². The van der Waals surface area contributed by atoms with E-state index in [1.165, 1.54) is 5.56 Å². The number of fused-ring (bicyclic) bond motifs is 1. The van der Waals surface area contributed by atoms with Gasteiger partial charge in [-0.05, 0) is 59.7 Å². The van der Waals surface area contributed by atoms with E-state index in [0.717, 1.165) is 42.9 Å². The Morgan fingerprint density at radius 3 is 2.17 bits per heavy atom. The van der Waals surface area contributed by atoms with Gasteiger partial charge in [0.2, 0.25) is 0 Å². The molecule has 0 aliphatic rings. The van der Waals surface area contributed by atoms with Gasteiger partial charge in [0.25, 0.3) is 0 Å². The Kier molecular flexibility index (Phi) is 8.25. The van der Waals surface area contributed by atoms with Crippen molar-refractivity contribution in [3.8, 4) is 0 Å². The normalized spacial score (nSPS) is 11.4. The van der Waals surface area contributed by atoms with Crippen LogP contribution in [-0.2, 0) is 23.0 Å². The van der Waals surface area contributed by atoms with Crippen LogP contribution in [0.25, 0.3) is 10.8 Å². The molecule has 0 heterocycles. The quantitative estimate of drug-likeness (QED) is 0.565. The Morgan fingerprint density at radius 2 is 1.57 bits per heavy atom. The molecule has 0 saturated carbocycles. The van der Waals surface area contributed by atoms with Crippen molar-refractivity contribution in [3.05, 3.63) is 41.5 Å². The van der Waals surface area contributed by atoms with Gasteiger partial charge in [-0.15, -0.1) is 0 Å². The van der Waals surface area contributed by atoms with E-state index in [-0.39, 0.29) is 34.5 Å². The molecule has 0 amide bonds. The molecule has 0 aromatic heterocycles. The summed E-state index contributed by atoms with van der Waals surface area (Å²) >= 11 is 0. The first-order chi connectivity index (χ1) is 10.5. The van der Waals surface area contributed by atoms with Gasteiger partial charge < -0.3 is 4.55 Å². The van der Waals surface area contributed by atoms with Crippen molar-refractivity contribution in [2.24, 2.45) is 0 Å². The standard InChI is InChI=1S/C18H24O3S.Na/c1-3-5-7-14-9-10-15-12-16(8-6-4-2)18(22(19,20)21)13-17(15)11-14;/h9-13H,3-8H2,1-2H3,(H,19,20,21);/q;+1/p-1. The predicted molar refractivity (Wildman–Crippen MR) is 89.1 cm³/mol. The molecule has 0 N–H and O–H groups in total. The van der Waals surface area contributed by atoms with Crippen LogP contribution in [0.5, 0.6) is 0 Å². The van der Waals surface area contributed by atoms with E-state index in [9.17, 15) is 13.0 Å². The minimum atomic E-state index is -4.44. The van der Waals surface area contributed by atoms with E-state index in [2.05, 4.69) is 13.0 Å². The topological polar surface area (TPSA) is 57.2 Å². The minimum Gasteiger partial charge on any atom is -0.744 e.